The maximum Gasteiger partial charge on any atom is 0.242 e. The van der Waals surface area contributed by atoms with Crippen LogP contribution in [0.2, 0.25) is 0 Å². The molecule has 0 saturated carbocycles. The zero-order chi connectivity index (χ0) is 22.4. The minimum atomic E-state index is -3.94. The first kappa shape index (κ1) is 22.5. The number of nitrogens with one attached hydrogen (secondary N) is 2. The van der Waals surface area contributed by atoms with E-state index in [2.05, 4.69) is 10.0 Å². The summed E-state index contributed by atoms with van der Waals surface area (Å²) in [5, 5.41) is 2.85. The van der Waals surface area contributed by atoms with Crippen LogP contribution in [0.15, 0.2) is 77.7 Å². The van der Waals surface area contributed by atoms with E-state index in [1.807, 2.05) is 55.5 Å². The summed E-state index contributed by atoms with van der Waals surface area (Å²) in [6.07, 6.45) is 0.215. The lowest BCUT2D eigenvalue weighted by atomic mass is 10.1. The fourth-order valence-corrected chi connectivity index (χ4v) is 4.52. The van der Waals surface area contributed by atoms with Gasteiger partial charge in [-0.25, -0.2) is 8.42 Å². The van der Waals surface area contributed by atoms with E-state index in [1.54, 1.807) is 19.1 Å². The molecule has 1 unspecified atom stereocenters. The molecule has 31 heavy (non-hydrogen) atoms. The van der Waals surface area contributed by atoms with E-state index < -0.39 is 22.0 Å². The topological polar surface area (TPSA) is 84.5 Å². The Kier molecular flexibility index (Phi) is 7.09. The molecule has 1 amide bonds. The molecule has 2 N–H and O–H groups in total. The van der Waals surface area contributed by atoms with Crippen molar-refractivity contribution in [3.63, 3.8) is 0 Å². The van der Waals surface area contributed by atoms with Crippen LogP contribution in [0.4, 0.5) is 5.69 Å². The predicted molar refractivity (Wildman–Crippen MR) is 122 cm³/mol. The molecule has 0 saturated heterocycles. The van der Waals surface area contributed by atoms with Crippen LogP contribution in [-0.4, -0.2) is 27.5 Å². The molecule has 0 aromatic heterocycles. The molecule has 7 heteroatoms. The van der Waals surface area contributed by atoms with Gasteiger partial charge in [0.05, 0.1) is 12.0 Å². The van der Waals surface area contributed by atoms with Crippen LogP contribution in [0, 0.1) is 13.8 Å². The third-order valence-electron chi connectivity index (χ3n) is 4.98. The number of hydrogen-bond donors (Lipinski definition) is 2. The molecule has 1 atom stereocenters. The summed E-state index contributed by atoms with van der Waals surface area (Å²) < 4.78 is 33.9. The van der Waals surface area contributed by atoms with Crippen molar-refractivity contribution in [2.24, 2.45) is 0 Å². The molecule has 3 aromatic carbocycles. The van der Waals surface area contributed by atoms with Gasteiger partial charge in [-0.1, -0.05) is 48.5 Å². The number of para-hydroxylation sites is 1. The maximum atomic E-state index is 13.1. The summed E-state index contributed by atoms with van der Waals surface area (Å²) in [7, 11) is -2.41. The molecule has 0 aliphatic rings. The number of ether oxygens (including phenoxy) is 1. The number of hydrogen-bond acceptors (Lipinski definition) is 4. The number of rotatable bonds is 8. The SMILES string of the molecule is COc1ccc(S(=O)(=O)NC(Cc2ccccc2)C(=O)Nc2ccccc2C)cc1C. The van der Waals surface area contributed by atoms with Crippen molar-refractivity contribution in [1.29, 1.82) is 0 Å². The highest BCUT2D eigenvalue weighted by Gasteiger charge is 2.27. The Morgan fingerprint density at radius 3 is 2.26 bits per heavy atom. The Bertz CT molecular complexity index is 1160. The van der Waals surface area contributed by atoms with E-state index in [0.29, 0.717) is 17.0 Å². The smallest absolute Gasteiger partial charge is 0.242 e. The van der Waals surface area contributed by atoms with Crippen LogP contribution in [-0.2, 0) is 21.2 Å². The van der Waals surface area contributed by atoms with E-state index in [0.717, 1.165) is 11.1 Å². The van der Waals surface area contributed by atoms with Gasteiger partial charge in [0.2, 0.25) is 15.9 Å². The van der Waals surface area contributed by atoms with Crippen molar-refractivity contribution in [3.05, 3.63) is 89.5 Å². The van der Waals surface area contributed by atoms with Crippen molar-refractivity contribution in [2.75, 3.05) is 12.4 Å². The first-order valence-corrected chi connectivity index (χ1v) is 11.4. The lowest BCUT2D eigenvalue weighted by Gasteiger charge is -2.20. The van der Waals surface area contributed by atoms with Gasteiger partial charge < -0.3 is 10.1 Å². The summed E-state index contributed by atoms with van der Waals surface area (Å²) >= 11 is 0. The summed E-state index contributed by atoms with van der Waals surface area (Å²) in [4.78, 5) is 13.2. The van der Waals surface area contributed by atoms with Crippen LogP contribution in [0.3, 0.4) is 0 Å². The van der Waals surface area contributed by atoms with Crippen LogP contribution >= 0.6 is 0 Å². The zero-order valence-electron chi connectivity index (χ0n) is 17.8. The van der Waals surface area contributed by atoms with Gasteiger partial charge in [0, 0.05) is 5.69 Å². The highest BCUT2D eigenvalue weighted by atomic mass is 32.2. The van der Waals surface area contributed by atoms with E-state index >= 15 is 0 Å². The van der Waals surface area contributed by atoms with Crippen molar-refractivity contribution in [2.45, 2.75) is 31.2 Å². The first-order chi connectivity index (χ1) is 14.8. The molecule has 0 spiro atoms. The number of amides is 1. The average Bonchev–Trinajstić information content (AvgIpc) is 2.75. The summed E-state index contributed by atoms with van der Waals surface area (Å²) in [5.74, 6) is 0.170. The second-order valence-corrected chi connectivity index (χ2v) is 9.01. The molecule has 3 aromatic rings. The first-order valence-electron chi connectivity index (χ1n) is 9.87. The Labute approximate surface area is 183 Å². The van der Waals surface area contributed by atoms with E-state index in [1.165, 1.54) is 19.2 Å². The minimum Gasteiger partial charge on any atom is -0.496 e. The normalized spacial score (nSPS) is 12.2. The van der Waals surface area contributed by atoms with Gasteiger partial charge in [0.1, 0.15) is 11.8 Å². The minimum absolute atomic E-state index is 0.0764. The number of carbonyl (C=O) groups is 1. The van der Waals surface area contributed by atoms with Crippen molar-refractivity contribution in [1.82, 2.24) is 4.72 Å². The molecule has 6 nitrogen and oxygen atoms in total. The lowest BCUT2D eigenvalue weighted by molar-refractivity contribution is -0.117. The van der Waals surface area contributed by atoms with E-state index in [-0.39, 0.29) is 11.3 Å². The van der Waals surface area contributed by atoms with E-state index in [9.17, 15) is 13.2 Å². The summed E-state index contributed by atoms with van der Waals surface area (Å²) in [6, 6.07) is 20.3. The van der Waals surface area contributed by atoms with Gasteiger partial charge in [-0.05, 0) is 61.2 Å². The van der Waals surface area contributed by atoms with Crippen LogP contribution in [0.5, 0.6) is 5.75 Å². The quantitative estimate of drug-likeness (QED) is 0.560. The number of carbonyl (C=O) groups excluding carboxylic acids is 1. The number of methoxy groups -OCH3 is 1. The highest BCUT2D eigenvalue weighted by Crippen LogP contribution is 2.22. The number of aryl methyl sites for hydroxylation is 2. The van der Waals surface area contributed by atoms with Crippen LogP contribution in [0.25, 0.3) is 0 Å². The van der Waals surface area contributed by atoms with Gasteiger partial charge in [-0.2, -0.15) is 4.72 Å². The molecular formula is C24H26N2O4S. The molecular weight excluding hydrogens is 412 g/mol. The Morgan fingerprint density at radius 2 is 1.61 bits per heavy atom. The van der Waals surface area contributed by atoms with Crippen LogP contribution in [0.1, 0.15) is 16.7 Å². The number of benzene rings is 3. The average molecular weight is 439 g/mol. The third kappa shape index (κ3) is 5.71. The Balaban J connectivity index is 1.89. The second kappa shape index (κ2) is 9.76. The largest absolute Gasteiger partial charge is 0.496 e. The Morgan fingerprint density at radius 1 is 0.935 bits per heavy atom. The van der Waals surface area contributed by atoms with Crippen molar-refractivity contribution < 1.29 is 17.9 Å². The molecule has 3 rings (SSSR count). The third-order valence-corrected chi connectivity index (χ3v) is 6.45. The molecule has 0 aliphatic heterocycles. The van der Waals surface area contributed by atoms with Crippen LogP contribution < -0.4 is 14.8 Å². The van der Waals surface area contributed by atoms with Gasteiger partial charge in [-0.3, -0.25) is 4.79 Å². The summed E-state index contributed by atoms with van der Waals surface area (Å²) in [5.41, 5.74) is 3.07. The Hall–Kier alpha value is -3.16. The molecule has 0 bridgehead atoms. The molecule has 0 heterocycles. The molecule has 0 aliphatic carbocycles. The van der Waals surface area contributed by atoms with E-state index in [4.69, 9.17) is 4.74 Å². The second-order valence-electron chi connectivity index (χ2n) is 7.30. The standard InChI is InChI=1S/C24H26N2O4S/c1-17-9-7-8-12-21(17)25-24(27)22(16-19-10-5-4-6-11-19)26-31(28,29)20-13-14-23(30-3)18(2)15-20/h4-15,22,26H,16H2,1-3H3,(H,25,27). The number of sulfonamides is 1. The van der Waals surface area contributed by atoms with Crippen molar-refractivity contribution in [3.8, 4) is 5.75 Å². The monoisotopic (exact) mass is 438 g/mol. The maximum absolute atomic E-state index is 13.1. The lowest BCUT2D eigenvalue weighted by Crippen LogP contribution is -2.45. The van der Waals surface area contributed by atoms with Gasteiger partial charge in [-0.15, -0.1) is 0 Å². The summed E-state index contributed by atoms with van der Waals surface area (Å²) in [6.45, 7) is 3.65. The highest BCUT2D eigenvalue weighted by molar-refractivity contribution is 7.89. The molecule has 0 fully saturated rings. The van der Waals surface area contributed by atoms with Gasteiger partial charge >= 0.3 is 0 Å². The molecule has 162 valence electrons. The van der Waals surface area contributed by atoms with Crippen molar-refractivity contribution >= 4 is 21.6 Å². The number of anilines is 1. The van der Waals surface area contributed by atoms with Gasteiger partial charge in [0.15, 0.2) is 0 Å². The van der Waals surface area contributed by atoms with Gasteiger partial charge in [0.25, 0.3) is 0 Å². The predicted octanol–water partition coefficient (Wildman–Crippen LogP) is 3.84. The fraction of sp³-hybridized carbons (Fsp3) is 0.208. The zero-order valence-corrected chi connectivity index (χ0v) is 18.6. The fourth-order valence-electron chi connectivity index (χ4n) is 3.24. The molecule has 0 radical (unpaired) electrons.